The summed E-state index contributed by atoms with van der Waals surface area (Å²) in [7, 11) is 1.63. The summed E-state index contributed by atoms with van der Waals surface area (Å²) in [5.41, 5.74) is 0.867. The molecule has 0 aromatic heterocycles. The van der Waals surface area contributed by atoms with Crippen LogP contribution in [0.2, 0.25) is 0 Å². The maximum absolute atomic E-state index is 12.8. The molecule has 1 aromatic rings. The van der Waals surface area contributed by atoms with Crippen molar-refractivity contribution in [3.05, 3.63) is 41.7 Å². The second kappa shape index (κ2) is 9.17. The largest absolute Gasteiger partial charge is 0.358 e. The molecule has 0 unspecified atom stereocenters. The van der Waals surface area contributed by atoms with E-state index in [2.05, 4.69) is 15.5 Å². The van der Waals surface area contributed by atoms with Crippen LogP contribution < -0.4 is 10.6 Å². The van der Waals surface area contributed by atoms with Crippen molar-refractivity contribution in [2.24, 2.45) is 0 Å². The van der Waals surface area contributed by atoms with Crippen molar-refractivity contribution in [1.82, 2.24) is 15.5 Å². The molecule has 2 N–H and O–H groups in total. The van der Waals surface area contributed by atoms with Crippen LogP contribution in [0.5, 0.6) is 0 Å². The zero-order chi connectivity index (χ0) is 17.4. The molecule has 1 aliphatic rings. The Morgan fingerprint density at radius 1 is 1.21 bits per heavy atom. The molecule has 130 valence electrons. The number of carbonyl (C=O) groups excluding carboxylic acids is 2. The van der Waals surface area contributed by atoms with E-state index in [-0.39, 0.29) is 23.7 Å². The molecule has 0 radical (unpaired) electrons. The van der Waals surface area contributed by atoms with Gasteiger partial charge in [-0.3, -0.25) is 14.5 Å². The SMILES string of the molecule is CNC(=O)CN1CCC(NC(=O)C/C=C/c2ccc(F)cc2)CC1. The molecular formula is C18H24FN3O2. The van der Waals surface area contributed by atoms with Crippen molar-refractivity contribution in [2.75, 3.05) is 26.7 Å². The zero-order valence-corrected chi connectivity index (χ0v) is 13.9. The topological polar surface area (TPSA) is 61.4 Å². The van der Waals surface area contributed by atoms with E-state index in [1.54, 1.807) is 25.3 Å². The number of halogens is 1. The quantitative estimate of drug-likeness (QED) is 0.830. The molecule has 2 rings (SSSR count). The van der Waals surface area contributed by atoms with Crippen LogP contribution in [0.4, 0.5) is 4.39 Å². The van der Waals surface area contributed by atoms with E-state index in [0.717, 1.165) is 31.5 Å². The molecule has 0 bridgehead atoms. The van der Waals surface area contributed by atoms with Crippen LogP contribution in [-0.2, 0) is 9.59 Å². The zero-order valence-electron chi connectivity index (χ0n) is 13.9. The fourth-order valence-corrected chi connectivity index (χ4v) is 2.68. The van der Waals surface area contributed by atoms with E-state index in [4.69, 9.17) is 0 Å². The van der Waals surface area contributed by atoms with Gasteiger partial charge in [0, 0.05) is 32.6 Å². The first kappa shape index (κ1) is 18.1. The third kappa shape index (κ3) is 6.12. The van der Waals surface area contributed by atoms with Crippen molar-refractivity contribution in [3.8, 4) is 0 Å². The number of carbonyl (C=O) groups is 2. The van der Waals surface area contributed by atoms with Crippen LogP contribution in [0.1, 0.15) is 24.8 Å². The average molecular weight is 333 g/mol. The first-order chi connectivity index (χ1) is 11.6. The van der Waals surface area contributed by atoms with Crippen LogP contribution >= 0.6 is 0 Å². The highest BCUT2D eigenvalue weighted by atomic mass is 19.1. The van der Waals surface area contributed by atoms with Gasteiger partial charge < -0.3 is 10.6 Å². The lowest BCUT2D eigenvalue weighted by Gasteiger charge is -2.31. The van der Waals surface area contributed by atoms with Crippen molar-refractivity contribution in [3.63, 3.8) is 0 Å². The summed E-state index contributed by atoms with van der Waals surface area (Å²) in [6.45, 7) is 2.03. The molecule has 1 aromatic carbocycles. The van der Waals surface area contributed by atoms with Crippen molar-refractivity contribution in [2.45, 2.75) is 25.3 Å². The van der Waals surface area contributed by atoms with Gasteiger partial charge in [0.15, 0.2) is 0 Å². The van der Waals surface area contributed by atoms with E-state index in [1.807, 2.05) is 6.08 Å². The molecule has 0 aliphatic carbocycles. The van der Waals surface area contributed by atoms with Crippen LogP contribution in [0.25, 0.3) is 6.08 Å². The van der Waals surface area contributed by atoms with Crippen LogP contribution in [-0.4, -0.2) is 49.4 Å². The smallest absolute Gasteiger partial charge is 0.233 e. The summed E-state index contributed by atoms with van der Waals surface area (Å²) in [5, 5.41) is 5.64. The number of likely N-dealkylation sites (tertiary alicyclic amines) is 1. The standard InChI is InChI=1S/C18H24FN3O2/c1-20-18(24)13-22-11-9-16(10-12-22)21-17(23)4-2-3-14-5-7-15(19)8-6-14/h2-3,5-8,16H,4,9-13H2,1H3,(H,20,24)(H,21,23)/b3-2+. The third-order valence-electron chi connectivity index (χ3n) is 4.08. The number of benzene rings is 1. The minimum Gasteiger partial charge on any atom is -0.358 e. The molecule has 5 nitrogen and oxygen atoms in total. The number of nitrogens with one attached hydrogen (secondary N) is 2. The molecule has 0 saturated carbocycles. The Morgan fingerprint density at radius 2 is 1.88 bits per heavy atom. The molecule has 0 atom stereocenters. The van der Waals surface area contributed by atoms with E-state index in [0.29, 0.717) is 13.0 Å². The molecule has 1 saturated heterocycles. The lowest BCUT2D eigenvalue weighted by atomic mass is 10.0. The number of piperidine rings is 1. The predicted octanol–water partition coefficient (Wildman–Crippen LogP) is 1.56. The Morgan fingerprint density at radius 3 is 2.50 bits per heavy atom. The van der Waals surface area contributed by atoms with Crippen LogP contribution in [0.15, 0.2) is 30.3 Å². The molecule has 24 heavy (non-hydrogen) atoms. The maximum Gasteiger partial charge on any atom is 0.233 e. The lowest BCUT2D eigenvalue weighted by Crippen LogP contribution is -2.47. The van der Waals surface area contributed by atoms with E-state index in [1.165, 1.54) is 12.1 Å². The van der Waals surface area contributed by atoms with E-state index in [9.17, 15) is 14.0 Å². The normalized spacial score (nSPS) is 16.2. The van der Waals surface area contributed by atoms with E-state index >= 15 is 0 Å². The highest BCUT2D eigenvalue weighted by Crippen LogP contribution is 2.10. The summed E-state index contributed by atoms with van der Waals surface area (Å²) in [6.07, 6.45) is 5.60. The van der Waals surface area contributed by atoms with Crippen LogP contribution in [0.3, 0.4) is 0 Å². The molecule has 1 fully saturated rings. The number of amides is 2. The molecule has 1 aliphatic heterocycles. The summed E-state index contributed by atoms with van der Waals surface area (Å²) in [6, 6.07) is 6.30. The third-order valence-corrected chi connectivity index (χ3v) is 4.08. The number of likely N-dealkylation sites (N-methyl/N-ethyl adjacent to an activating group) is 1. The number of hydrogen-bond acceptors (Lipinski definition) is 3. The summed E-state index contributed by atoms with van der Waals surface area (Å²) in [5.74, 6) is -0.269. The minimum atomic E-state index is -0.271. The molecule has 2 amide bonds. The van der Waals surface area contributed by atoms with Crippen molar-refractivity contribution in [1.29, 1.82) is 0 Å². The number of nitrogens with zero attached hydrogens (tertiary/aromatic N) is 1. The molecule has 0 spiro atoms. The summed E-state index contributed by atoms with van der Waals surface area (Å²) >= 11 is 0. The first-order valence-electron chi connectivity index (χ1n) is 8.21. The second-order valence-corrected chi connectivity index (χ2v) is 5.95. The molecular weight excluding hydrogens is 309 g/mol. The van der Waals surface area contributed by atoms with Gasteiger partial charge in [0.1, 0.15) is 5.82 Å². The van der Waals surface area contributed by atoms with Gasteiger partial charge in [-0.25, -0.2) is 4.39 Å². The van der Waals surface area contributed by atoms with Crippen molar-refractivity contribution < 1.29 is 14.0 Å². The monoisotopic (exact) mass is 333 g/mol. The van der Waals surface area contributed by atoms with Gasteiger partial charge in [-0.2, -0.15) is 0 Å². The highest BCUT2D eigenvalue weighted by Gasteiger charge is 2.21. The van der Waals surface area contributed by atoms with E-state index < -0.39 is 0 Å². The molecule has 1 heterocycles. The minimum absolute atomic E-state index is 0.0156. The summed E-state index contributed by atoms with van der Waals surface area (Å²) in [4.78, 5) is 25.4. The number of rotatable bonds is 6. The fourth-order valence-electron chi connectivity index (χ4n) is 2.68. The number of hydrogen-bond donors (Lipinski definition) is 2. The van der Waals surface area contributed by atoms with Gasteiger partial charge in [0.2, 0.25) is 11.8 Å². The molecule has 6 heteroatoms. The predicted molar refractivity (Wildman–Crippen MR) is 91.7 cm³/mol. The Balaban J connectivity index is 1.68. The van der Waals surface area contributed by atoms with Gasteiger partial charge in [-0.15, -0.1) is 0 Å². The summed E-state index contributed by atoms with van der Waals surface area (Å²) < 4.78 is 12.8. The van der Waals surface area contributed by atoms with Gasteiger partial charge in [-0.1, -0.05) is 24.3 Å². The Kier molecular flexibility index (Phi) is 6.93. The highest BCUT2D eigenvalue weighted by molar-refractivity contribution is 5.79. The average Bonchev–Trinajstić information content (AvgIpc) is 2.58. The van der Waals surface area contributed by atoms with Crippen molar-refractivity contribution >= 4 is 17.9 Å². The van der Waals surface area contributed by atoms with Gasteiger partial charge in [-0.05, 0) is 30.5 Å². The van der Waals surface area contributed by atoms with Gasteiger partial charge in [0.25, 0.3) is 0 Å². The second-order valence-electron chi connectivity index (χ2n) is 5.95. The first-order valence-corrected chi connectivity index (χ1v) is 8.21. The van der Waals surface area contributed by atoms with Gasteiger partial charge >= 0.3 is 0 Å². The van der Waals surface area contributed by atoms with Gasteiger partial charge in [0.05, 0.1) is 6.54 Å². The maximum atomic E-state index is 12.8. The lowest BCUT2D eigenvalue weighted by molar-refractivity contribution is -0.123. The Bertz CT molecular complexity index is 578. The Hall–Kier alpha value is -2.21. The van der Waals surface area contributed by atoms with Crippen LogP contribution in [0, 0.1) is 5.82 Å². The fraction of sp³-hybridized carbons (Fsp3) is 0.444. The Labute approximate surface area is 141 Å².